The molecule has 0 radical (unpaired) electrons. The molecule has 0 atom stereocenters. The van der Waals surface area contributed by atoms with Gasteiger partial charge in [0.05, 0.1) is 17.4 Å². The van der Waals surface area contributed by atoms with E-state index in [1.807, 2.05) is 24.3 Å². The molecule has 0 saturated heterocycles. The van der Waals surface area contributed by atoms with Crippen molar-refractivity contribution in [2.45, 2.75) is 13.3 Å². The van der Waals surface area contributed by atoms with Crippen molar-refractivity contribution in [3.05, 3.63) is 64.2 Å². The van der Waals surface area contributed by atoms with Crippen molar-refractivity contribution in [1.29, 1.82) is 5.26 Å². The summed E-state index contributed by atoms with van der Waals surface area (Å²) in [6, 6.07) is 15.4. The first kappa shape index (κ1) is 17.9. The maximum absolute atomic E-state index is 12.5. The number of anilines is 1. The van der Waals surface area contributed by atoms with E-state index in [4.69, 9.17) is 10.00 Å². The molecule has 25 heavy (non-hydrogen) atoms. The number of carbonyl (C=O) groups excluding carboxylic acids is 1. The minimum atomic E-state index is -0.469. The van der Waals surface area contributed by atoms with Crippen LogP contribution in [-0.4, -0.2) is 24.0 Å². The number of nitrogens with zero attached hydrogens (tertiary/aromatic N) is 3. The van der Waals surface area contributed by atoms with Crippen molar-refractivity contribution < 1.29 is 14.5 Å². The van der Waals surface area contributed by atoms with Gasteiger partial charge in [-0.25, -0.2) is 0 Å². The molecule has 0 bridgehead atoms. The van der Waals surface area contributed by atoms with Gasteiger partial charge in [-0.15, -0.1) is 0 Å². The normalized spacial score (nSPS) is 9.92. The summed E-state index contributed by atoms with van der Waals surface area (Å²) in [6.07, 6.45) is 0.206. The van der Waals surface area contributed by atoms with Crippen LogP contribution in [0.1, 0.15) is 12.0 Å². The topological polar surface area (TPSA) is 96.5 Å². The Morgan fingerprint density at radius 3 is 2.60 bits per heavy atom. The van der Waals surface area contributed by atoms with Crippen LogP contribution in [0.15, 0.2) is 48.5 Å². The third kappa shape index (κ3) is 4.78. The molecule has 7 heteroatoms. The van der Waals surface area contributed by atoms with Gasteiger partial charge in [-0.05, 0) is 31.2 Å². The second-order valence-corrected chi connectivity index (χ2v) is 5.28. The zero-order valence-electron chi connectivity index (χ0n) is 13.7. The van der Waals surface area contributed by atoms with Gasteiger partial charge in [0.1, 0.15) is 5.75 Å². The van der Waals surface area contributed by atoms with Crippen LogP contribution in [0.5, 0.6) is 5.75 Å². The van der Waals surface area contributed by atoms with Crippen LogP contribution in [0, 0.1) is 28.4 Å². The molecule has 0 fully saturated rings. The van der Waals surface area contributed by atoms with Gasteiger partial charge in [-0.1, -0.05) is 18.2 Å². The molecule has 128 valence electrons. The summed E-state index contributed by atoms with van der Waals surface area (Å²) >= 11 is 0. The number of para-hydroxylation sites is 1. The van der Waals surface area contributed by atoms with E-state index in [9.17, 15) is 14.9 Å². The van der Waals surface area contributed by atoms with Crippen LogP contribution in [-0.2, 0) is 4.79 Å². The molecule has 0 saturated carbocycles. The Morgan fingerprint density at radius 1 is 1.28 bits per heavy atom. The van der Waals surface area contributed by atoms with Crippen LogP contribution in [0.4, 0.5) is 11.4 Å². The number of nitriles is 1. The van der Waals surface area contributed by atoms with Crippen molar-refractivity contribution in [2.24, 2.45) is 0 Å². The van der Waals surface area contributed by atoms with Crippen LogP contribution in [0.3, 0.4) is 0 Å². The van der Waals surface area contributed by atoms with Crippen molar-refractivity contribution >= 4 is 17.3 Å². The highest BCUT2D eigenvalue weighted by molar-refractivity contribution is 5.94. The van der Waals surface area contributed by atoms with Gasteiger partial charge >= 0.3 is 0 Å². The molecule has 0 heterocycles. The summed E-state index contributed by atoms with van der Waals surface area (Å²) in [7, 11) is 0. The maximum atomic E-state index is 12.5. The first-order valence-electron chi connectivity index (χ1n) is 7.63. The maximum Gasteiger partial charge on any atom is 0.272 e. The number of hydrogen-bond donors (Lipinski definition) is 0. The lowest BCUT2D eigenvalue weighted by Gasteiger charge is -2.21. The van der Waals surface area contributed by atoms with E-state index in [-0.39, 0.29) is 31.2 Å². The molecule has 0 N–H and O–H groups in total. The molecule has 0 aromatic heterocycles. The minimum Gasteiger partial charge on any atom is -0.484 e. The zero-order valence-corrected chi connectivity index (χ0v) is 13.7. The van der Waals surface area contributed by atoms with Crippen molar-refractivity contribution in [2.75, 3.05) is 18.1 Å². The predicted molar refractivity (Wildman–Crippen MR) is 92.4 cm³/mol. The minimum absolute atomic E-state index is 0.00129. The third-order valence-corrected chi connectivity index (χ3v) is 3.54. The second kappa shape index (κ2) is 8.45. The SMILES string of the molecule is Cc1cc(OCC(=O)N(CCC#N)c2ccccc2)ccc1[N+](=O)[O-]. The van der Waals surface area contributed by atoms with Gasteiger partial charge in [0.25, 0.3) is 11.6 Å². The lowest BCUT2D eigenvalue weighted by molar-refractivity contribution is -0.385. The lowest BCUT2D eigenvalue weighted by atomic mass is 10.2. The smallest absolute Gasteiger partial charge is 0.272 e. The molecule has 2 aromatic carbocycles. The quantitative estimate of drug-likeness (QED) is 0.570. The Balaban J connectivity index is 2.07. The van der Waals surface area contributed by atoms with Gasteiger partial charge in [0.15, 0.2) is 6.61 Å². The summed E-state index contributed by atoms with van der Waals surface area (Å²) in [5, 5.41) is 19.6. The summed E-state index contributed by atoms with van der Waals surface area (Å²) in [5.74, 6) is 0.0854. The second-order valence-electron chi connectivity index (χ2n) is 5.28. The Hall–Kier alpha value is -3.40. The number of nitro groups is 1. The highest BCUT2D eigenvalue weighted by Gasteiger charge is 2.17. The van der Waals surface area contributed by atoms with Crippen LogP contribution >= 0.6 is 0 Å². The molecule has 0 unspecified atom stereocenters. The molecule has 0 aliphatic rings. The van der Waals surface area contributed by atoms with Crippen molar-refractivity contribution in [3.8, 4) is 11.8 Å². The van der Waals surface area contributed by atoms with E-state index in [0.29, 0.717) is 17.0 Å². The zero-order chi connectivity index (χ0) is 18.2. The standard InChI is InChI=1S/C18H17N3O4/c1-14-12-16(8-9-17(14)21(23)24)25-13-18(22)20(11-5-10-19)15-6-3-2-4-7-15/h2-4,6-9,12H,5,11,13H2,1H3. The van der Waals surface area contributed by atoms with Gasteiger partial charge in [-0.2, -0.15) is 5.26 Å². The average Bonchev–Trinajstić information content (AvgIpc) is 2.61. The number of rotatable bonds is 7. The Labute approximate surface area is 145 Å². The summed E-state index contributed by atoms with van der Waals surface area (Å²) in [4.78, 5) is 24.3. The Morgan fingerprint density at radius 2 is 2.00 bits per heavy atom. The lowest BCUT2D eigenvalue weighted by Crippen LogP contribution is -2.35. The van der Waals surface area contributed by atoms with E-state index in [0.717, 1.165) is 0 Å². The fraction of sp³-hybridized carbons (Fsp3) is 0.222. The molecule has 2 rings (SSSR count). The number of hydrogen-bond acceptors (Lipinski definition) is 5. The van der Waals surface area contributed by atoms with Gasteiger partial charge in [-0.3, -0.25) is 14.9 Å². The molecule has 7 nitrogen and oxygen atoms in total. The van der Waals surface area contributed by atoms with E-state index in [1.165, 1.54) is 23.1 Å². The Kier molecular flexibility index (Phi) is 6.07. The third-order valence-electron chi connectivity index (χ3n) is 3.54. The molecule has 1 amide bonds. The van der Waals surface area contributed by atoms with Gasteiger partial charge in [0.2, 0.25) is 0 Å². The number of carbonyl (C=O) groups is 1. The number of benzene rings is 2. The number of aryl methyl sites for hydroxylation is 1. The monoisotopic (exact) mass is 339 g/mol. The van der Waals surface area contributed by atoms with Crippen LogP contribution in [0.25, 0.3) is 0 Å². The predicted octanol–water partition coefficient (Wildman–Crippen LogP) is 3.23. The average molecular weight is 339 g/mol. The van der Waals surface area contributed by atoms with Crippen LogP contribution in [0.2, 0.25) is 0 Å². The van der Waals surface area contributed by atoms with Crippen molar-refractivity contribution in [3.63, 3.8) is 0 Å². The first-order chi connectivity index (χ1) is 12.0. The van der Waals surface area contributed by atoms with E-state index >= 15 is 0 Å². The molecule has 0 aliphatic carbocycles. The number of nitro benzene ring substituents is 1. The highest BCUT2D eigenvalue weighted by atomic mass is 16.6. The number of amides is 1. The van der Waals surface area contributed by atoms with E-state index in [1.54, 1.807) is 19.1 Å². The molecule has 0 aliphatic heterocycles. The fourth-order valence-corrected chi connectivity index (χ4v) is 2.31. The summed E-state index contributed by atoms with van der Waals surface area (Å²) in [5.41, 5.74) is 1.14. The van der Waals surface area contributed by atoms with Gasteiger partial charge in [0, 0.05) is 23.9 Å². The largest absolute Gasteiger partial charge is 0.484 e. The molecular formula is C18H17N3O4. The van der Waals surface area contributed by atoms with Crippen molar-refractivity contribution in [1.82, 2.24) is 0 Å². The highest BCUT2D eigenvalue weighted by Crippen LogP contribution is 2.23. The Bertz CT molecular complexity index is 800. The molecule has 2 aromatic rings. The summed E-state index contributed by atoms with van der Waals surface area (Å²) < 4.78 is 5.47. The first-order valence-corrected chi connectivity index (χ1v) is 7.63. The summed E-state index contributed by atoms with van der Waals surface area (Å²) in [6.45, 7) is 1.65. The van der Waals surface area contributed by atoms with E-state index in [2.05, 4.69) is 0 Å². The van der Waals surface area contributed by atoms with Gasteiger partial charge < -0.3 is 9.64 Å². The fourth-order valence-electron chi connectivity index (χ4n) is 2.31. The molecular weight excluding hydrogens is 322 g/mol. The van der Waals surface area contributed by atoms with E-state index < -0.39 is 4.92 Å². The van der Waals surface area contributed by atoms with Crippen LogP contribution < -0.4 is 9.64 Å². The molecule has 0 spiro atoms. The number of ether oxygens (including phenoxy) is 1.